The van der Waals surface area contributed by atoms with Crippen LogP contribution in [0.25, 0.3) is 5.76 Å². The van der Waals surface area contributed by atoms with Crippen LogP contribution in [0.1, 0.15) is 55.8 Å². The number of unbranched alkanes of at least 4 members (excludes halogenated alkanes) is 2. The number of carbonyl (C=O) groups is 2. The number of amides is 1. The van der Waals surface area contributed by atoms with Crippen molar-refractivity contribution in [1.82, 2.24) is 4.90 Å². The van der Waals surface area contributed by atoms with E-state index in [1.165, 1.54) is 0 Å². The predicted molar refractivity (Wildman–Crippen MR) is 125 cm³/mol. The van der Waals surface area contributed by atoms with Gasteiger partial charge in [-0.05, 0) is 55.7 Å². The number of benzene rings is 2. The molecular formula is C25H28BrNO4. The molecule has 3 rings (SSSR count). The summed E-state index contributed by atoms with van der Waals surface area (Å²) >= 11 is 3.46. The fourth-order valence-electron chi connectivity index (χ4n) is 3.88. The molecule has 1 unspecified atom stereocenters. The summed E-state index contributed by atoms with van der Waals surface area (Å²) in [6.07, 6.45) is 2.76. The Bertz CT molecular complexity index is 1010. The zero-order chi connectivity index (χ0) is 22.5. The lowest BCUT2D eigenvalue weighted by atomic mass is 9.94. The van der Waals surface area contributed by atoms with Crippen LogP contribution in [0.4, 0.5) is 0 Å². The first-order valence-electron chi connectivity index (χ1n) is 10.7. The number of ether oxygens (including phenoxy) is 1. The van der Waals surface area contributed by atoms with E-state index in [-0.39, 0.29) is 11.3 Å². The van der Waals surface area contributed by atoms with Crippen LogP contribution in [-0.4, -0.2) is 34.8 Å². The van der Waals surface area contributed by atoms with E-state index in [9.17, 15) is 14.7 Å². The third kappa shape index (κ3) is 4.85. The van der Waals surface area contributed by atoms with Gasteiger partial charge in [0.15, 0.2) is 0 Å². The van der Waals surface area contributed by atoms with Gasteiger partial charge in [-0.2, -0.15) is 0 Å². The lowest BCUT2D eigenvalue weighted by molar-refractivity contribution is -0.139. The van der Waals surface area contributed by atoms with E-state index in [2.05, 4.69) is 22.9 Å². The largest absolute Gasteiger partial charge is 0.507 e. The van der Waals surface area contributed by atoms with Gasteiger partial charge in [-0.1, -0.05) is 53.9 Å². The second-order valence-electron chi connectivity index (χ2n) is 7.67. The number of hydrogen-bond acceptors (Lipinski definition) is 4. The van der Waals surface area contributed by atoms with Crippen molar-refractivity contribution in [3.05, 3.63) is 69.2 Å². The topological polar surface area (TPSA) is 66.8 Å². The molecule has 6 heteroatoms. The van der Waals surface area contributed by atoms with Crippen LogP contribution in [0, 0.1) is 6.92 Å². The van der Waals surface area contributed by atoms with Crippen molar-refractivity contribution >= 4 is 33.4 Å². The molecule has 1 heterocycles. The van der Waals surface area contributed by atoms with Crippen LogP contribution in [0.2, 0.25) is 0 Å². The molecule has 2 aromatic rings. The average Bonchev–Trinajstić information content (AvgIpc) is 3.01. The Kier molecular flexibility index (Phi) is 7.55. The Labute approximate surface area is 191 Å². The highest BCUT2D eigenvalue weighted by Gasteiger charge is 2.45. The Morgan fingerprint density at radius 3 is 2.58 bits per heavy atom. The minimum absolute atomic E-state index is 0.122. The van der Waals surface area contributed by atoms with Gasteiger partial charge in [0.25, 0.3) is 11.7 Å². The molecule has 164 valence electrons. The second-order valence-corrected chi connectivity index (χ2v) is 8.52. The molecule has 1 saturated heterocycles. The van der Waals surface area contributed by atoms with Crippen LogP contribution in [0.5, 0.6) is 5.75 Å². The Balaban J connectivity index is 2.14. The normalized spacial score (nSPS) is 17.9. The molecule has 1 N–H and O–H groups in total. The van der Waals surface area contributed by atoms with Crippen LogP contribution in [0.15, 0.2) is 52.5 Å². The van der Waals surface area contributed by atoms with Crippen molar-refractivity contribution in [2.75, 3.05) is 13.2 Å². The lowest BCUT2D eigenvalue weighted by Gasteiger charge is -2.25. The Morgan fingerprint density at radius 2 is 1.90 bits per heavy atom. The van der Waals surface area contributed by atoms with Gasteiger partial charge in [-0.15, -0.1) is 0 Å². The van der Waals surface area contributed by atoms with E-state index in [0.717, 1.165) is 34.9 Å². The molecule has 1 aliphatic heterocycles. The van der Waals surface area contributed by atoms with Crippen molar-refractivity contribution in [3.63, 3.8) is 0 Å². The number of likely N-dealkylation sites (tertiary alicyclic amines) is 1. The highest BCUT2D eigenvalue weighted by atomic mass is 79.9. The first-order valence-corrected chi connectivity index (χ1v) is 11.5. The van der Waals surface area contributed by atoms with Gasteiger partial charge in [-0.3, -0.25) is 9.59 Å². The van der Waals surface area contributed by atoms with E-state index in [0.29, 0.717) is 24.5 Å². The quantitative estimate of drug-likeness (QED) is 0.223. The smallest absolute Gasteiger partial charge is 0.295 e. The zero-order valence-electron chi connectivity index (χ0n) is 18.2. The predicted octanol–water partition coefficient (Wildman–Crippen LogP) is 5.77. The standard InChI is InChI=1S/C25H28BrNO4/c1-4-6-7-13-27-22(17-9-8-10-19(15-17)31-5-2)21(24(29)25(27)30)23(28)18-11-12-20(26)16(3)14-18/h8-12,14-15,22,28H,4-7,13H2,1-3H3/b23-21-. The van der Waals surface area contributed by atoms with Gasteiger partial charge in [0, 0.05) is 16.6 Å². The Morgan fingerprint density at radius 1 is 1.13 bits per heavy atom. The van der Waals surface area contributed by atoms with Gasteiger partial charge in [0.2, 0.25) is 0 Å². The maximum absolute atomic E-state index is 13.1. The number of rotatable bonds is 8. The number of Topliss-reactive ketones (excluding diaryl/α,β-unsaturated/α-hetero) is 1. The number of carbonyl (C=O) groups excluding carboxylic acids is 2. The maximum Gasteiger partial charge on any atom is 0.295 e. The highest BCUT2D eigenvalue weighted by molar-refractivity contribution is 9.10. The second kappa shape index (κ2) is 10.1. The molecule has 2 aromatic carbocycles. The lowest BCUT2D eigenvalue weighted by Crippen LogP contribution is -2.30. The number of aryl methyl sites for hydroxylation is 1. The third-order valence-corrected chi connectivity index (χ3v) is 6.35. The maximum atomic E-state index is 13.1. The number of ketones is 1. The summed E-state index contributed by atoms with van der Waals surface area (Å²) in [6, 6.07) is 12.1. The van der Waals surface area contributed by atoms with Crippen LogP contribution >= 0.6 is 15.9 Å². The van der Waals surface area contributed by atoms with Crippen molar-refractivity contribution in [2.45, 2.75) is 46.1 Å². The highest BCUT2D eigenvalue weighted by Crippen LogP contribution is 2.40. The molecule has 0 saturated carbocycles. The summed E-state index contributed by atoms with van der Waals surface area (Å²) in [4.78, 5) is 27.6. The summed E-state index contributed by atoms with van der Waals surface area (Å²) in [6.45, 7) is 6.87. The molecule has 1 amide bonds. The van der Waals surface area contributed by atoms with Gasteiger partial charge in [0.1, 0.15) is 11.5 Å². The van der Waals surface area contributed by atoms with Gasteiger partial charge in [-0.25, -0.2) is 0 Å². The van der Waals surface area contributed by atoms with Crippen molar-refractivity contribution < 1.29 is 19.4 Å². The van der Waals surface area contributed by atoms with Crippen LogP contribution in [0.3, 0.4) is 0 Å². The number of aliphatic hydroxyl groups is 1. The van der Waals surface area contributed by atoms with E-state index in [1.54, 1.807) is 17.0 Å². The average molecular weight is 486 g/mol. The van der Waals surface area contributed by atoms with E-state index >= 15 is 0 Å². The first-order chi connectivity index (χ1) is 14.9. The fraction of sp³-hybridized carbons (Fsp3) is 0.360. The SMILES string of the molecule is CCCCCN1C(=O)C(=O)/C(=C(\O)c2ccc(Br)c(C)c2)C1c1cccc(OCC)c1. The molecule has 0 radical (unpaired) electrons. The van der Waals surface area contributed by atoms with Gasteiger partial charge >= 0.3 is 0 Å². The number of aliphatic hydroxyl groups excluding tert-OH is 1. The van der Waals surface area contributed by atoms with Gasteiger partial charge in [0.05, 0.1) is 18.2 Å². The monoisotopic (exact) mass is 485 g/mol. The minimum Gasteiger partial charge on any atom is -0.507 e. The van der Waals surface area contributed by atoms with Crippen LogP contribution in [-0.2, 0) is 9.59 Å². The molecule has 1 fully saturated rings. The van der Waals surface area contributed by atoms with Crippen molar-refractivity contribution in [2.24, 2.45) is 0 Å². The van der Waals surface area contributed by atoms with Crippen molar-refractivity contribution in [3.8, 4) is 5.75 Å². The molecule has 1 atom stereocenters. The molecular weight excluding hydrogens is 458 g/mol. The number of nitrogens with zero attached hydrogens (tertiary/aromatic N) is 1. The molecule has 5 nitrogen and oxygen atoms in total. The van der Waals surface area contributed by atoms with E-state index < -0.39 is 17.7 Å². The zero-order valence-corrected chi connectivity index (χ0v) is 19.7. The fourth-order valence-corrected chi connectivity index (χ4v) is 4.12. The summed E-state index contributed by atoms with van der Waals surface area (Å²) in [5.74, 6) is -0.711. The van der Waals surface area contributed by atoms with Crippen LogP contribution < -0.4 is 4.74 Å². The molecule has 0 spiro atoms. The Hall–Kier alpha value is -2.60. The van der Waals surface area contributed by atoms with E-state index in [1.807, 2.05) is 44.2 Å². The van der Waals surface area contributed by atoms with Crippen molar-refractivity contribution in [1.29, 1.82) is 0 Å². The summed E-state index contributed by atoms with van der Waals surface area (Å²) in [5.41, 5.74) is 2.31. The molecule has 0 aromatic heterocycles. The van der Waals surface area contributed by atoms with Gasteiger partial charge < -0.3 is 14.7 Å². The molecule has 31 heavy (non-hydrogen) atoms. The molecule has 0 bridgehead atoms. The van der Waals surface area contributed by atoms with E-state index in [4.69, 9.17) is 4.74 Å². The number of hydrogen-bond donors (Lipinski definition) is 1. The molecule has 1 aliphatic rings. The minimum atomic E-state index is -0.652. The first kappa shape index (κ1) is 23.1. The summed E-state index contributed by atoms with van der Waals surface area (Å²) < 4.78 is 6.54. The summed E-state index contributed by atoms with van der Waals surface area (Å²) in [5, 5.41) is 11.2. The number of halogens is 1. The summed E-state index contributed by atoms with van der Waals surface area (Å²) in [7, 11) is 0. The third-order valence-electron chi connectivity index (χ3n) is 5.46. The molecule has 0 aliphatic carbocycles.